The maximum Gasteiger partial charge on any atom is 0.312 e. The molecule has 0 spiro atoms. The fourth-order valence-corrected chi connectivity index (χ4v) is 2.05. The van der Waals surface area contributed by atoms with E-state index in [9.17, 15) is 4.79 Å². The molecule has 0 aliphatic heterocycles. The monoisotopic (exact) mass is 257 g/mol. The van der Waals surface area contributed by atoms with E-state index in [1.54, 1.807) is 6.07 Å². The number of carbonyl (C=O) groups is 1. The lowest BCUT2D eigenvalue weighted by molar-refractivity contribution is -0.138. The quantitative estimate of drug-likeness (QED) is 0.870. The number of hydrogen-bond donors (Lipinski definition) is 2. The van der Waals surface area contributed by atoms with E-state index >= 15 is 0 Å². The van der Waals surface area contributed by atoms with Crippen LogP contribution in [0.15, 0.2) is 22.7 Å². The molecule has 0 radical (unpaired) electrons. The molecular weight excluding hydrogens is 246 g/mol. The Balaban J connectivity index is 3.10. The van der Waals surface area contributed by atoms with Crippen molar-refractivity contribution in [1.29, 1.82) is 0 Å². The summed E-state index contributed by atoms with van der Waals surface area (Å²) in [5.41, 5.74) is 7.22. The molecule has 0 aromatic heterocycles. The van der Waals surface area contributed by atoms with Gasteiger partial charge in [0.25, 0.3) is 0 Å². The first kappa shape index (κ1) is 11.2. The van der Waals surface area contributed by atoms with Crippen LogP contribution >= 0.6 is 15.9 Å². The van der Waals surface area contributed by atoms with Gasteiger partial charge in [0.2, 0.25) is 0 Å². The molecule has 0 heterocycles. The topological polar surface area (TPSA) is 63.3 Å². The Kier molecular flexibility index (Phi) is 3.66. The molecule has 1 aromatic rings. The number of rotatable bonds is 3. The Morgan fingerprint density at radius 3 is 2.71 bits per heavy atom. The first-order chi connectivity index (χ1) is 6.56. The fraction of sp³-hybridized carbons (Fsp3) is 0.300. The van der Waals surface area contributed by atoms with Gasteiger partial charge in [0.05, 0.1) is 5.92 Å². The average Bonchev–Trinajstić information content (AvgIpc) is 2.09. The minimum atomic E-state index is -0.892. The highest BCUT2D eigenvalue weighted by molar-refractivity contribution is 9.10. The van der Waals surface area contributed by atoms with Gasteiger partial charge in [-0.2, -0.15) is 0 Å². The van der Waals surface area contributed by atoms with Crippen molar-refractivity contribution in [2.24, 2.45) is 5.73 Å². The zero-order valence-corrected chi connectivity index (χ0v) is 9.41. The van der Waals surface area contributed by atoms with Gasteiger partial charge in [-0.1, -0.05) is 28.1 Å². The van der Waals surface area contributed by atoms with Crippen molar-refractivity contribution < 1.29 is 9.90 Å². The highest BCUT2D eigenvalue weighted by atomic mass is 79.9. The number of benzene rings is 1. The number of hydrogen-bond acceptors (Lipinski definition) is 2. The molecule has 14 heavy (non-hydrogen) atoms. The molecule has 0 saturated heterocycles. The molecule has 1 aromatic carbocycles. The van der Waals surface area contributed by atoms with Crippen LogP contribution < -0.4 is 5.73 Å². The average molecular weight is 258 g/mol. The first-order valence-corrected chi connectivity index (χ1v) is 5.04. The standard InChI is InChI=1S/C10H12BrNO2/c1-6-2-3-7(9(11)4-6)8(5-12)10(13)14/h2-4,8H,5,12H2,1H3,(H,13,14). The Hall–Kier alpha value is -0.870. The molecule has 3 nitrogen and oxygen atoms in total. The molecule has 0 amide bonds. The summed E-state index contributed by atoms with van der Waals surface area (Å²) in [6.45, 7) is 2.06. The Labute approximate surface area is 91.1 Å². The van der Waals surface area contributed by atoms with E-state index in [0.717, 1.165) is 15.6 Å². The zero-order chi connectivity index (χ0) is 10.7. The van der Waals surface area contributed by atoms with Crippen LogP contribution in [-0.2, 0) is 4.79 Å². The molecule has 1 rings (SSSR count). The molecule has 0 fully saturated rings. The summed E-state index contributed by atoms with van der Waals surface area (Å²) in [4.78, 5) is 10.9. The zero-order valence-electron chi connectivity index (χ0n) is 7.83. The lowest BCUT2D eigenvalue weighted by atomic mass is 9.98. The molecule has 1 atom stereocenters. The summed E-state index contributed by atoms with van der Waals surface area (Å²) in [6, 6.07) is 5.57. The Bertz CT molecular complexity index is 352. The lowest BCUT2D eigenvalue weighted by Gasteiger charge is -2.12. The predicted octanol–water partition coefficient (Wildman–Crippen LogP) is 1.88. The molecule has 0 saturated carbocycles. The van der Waals surface area contributed by atoms with Crippen molar-refractivity contribution in [1.82, 2.24) is 0 Å². The van der Waals surface area contributed by atoms with Crippen molar-refractivity contribution in [2.45, 2.75) is 12.8 Å². The van der Waals surface area contributed by atoms with Crippen LogP contribution in [0.1, 0.15) is 17.0 Å². The van der Waals surface area contributed by atoms with Crippen molar-refractivity contribution in [3.05, 3.63) is 33.8 Å². The van der Waals surface area contributed by atoms with E-state index in [-0.39, 0.29) is 6.54 Å². The van der Waals surface area contributed by atoms with Crippen LogP contribution in [0.2, 0.25) is 0 Å². The molecular formula is C10H12BrNO2. The summed E-state index contributed by atoms with van der Waals surface area (Å²) in [7, 11) is 0. The van der Waals surface area contributed by atoms with Crippen LogP contribution in [-0.4, -0.2) is 17.6 Å². The van der Waals surface area contributed by atoms with Crippen molar-refractivity contribution in [3.63, 3.8) is 0 Å². The predicted molar refractivity (Wildman–Crippen MR) is 58.3 cm³/mol. The van der Waals surface area contributed by atoms with Crippen LogP contribution in [0.3, 0.4) is 0 Å². The van der Waals surface area contributed by atoms with Crippen molar-refractivity contribution in [2.75, 3.05) is 6.54 Å². The molecule has 3 N–H and O–H groups in total. The van der Waals surface area contributed by atoms with Crippen molar-refractivity contribution >= 4 is 21.9 Å². The number of halogens is 1. The SMILES string of the molecule is Cc1ccc(C(CN)C(=O)O)c(Br)c1. The number of aliphatic carboxylic acids is 1. The second-order valence-electron chi connectivity index (χ2n) is 3.15. The number of aryl methyl sites for hydroxylation is 1. The van der Waals surface area contributed by atoms with E-state index in [1.807, 2.05) is 19.1 Å². The van der Waals surface area contributed by atoms with Crippen LogP contribution in [0, 0.1) is 6.92 Å². The van der Waals surface area contributed by atoms with Gasteiger partial charge < -0.3 is 10.8 Å². The normalized spacial score (nSPS) is 12.5. The molecule has 0 bridgehead atoms. The van der Waals surface area contributed by atoms with Crippen LogP contribution in [0.4, 0.5) is 0 Å². The third-order valence-corrected chi connectivity index (χ3v) is 2.75. The maximum atomic E-state index is 10.9. The summed E-state index contributed by atoms with van der Waals surface area (Å²) >= 11 is 3.34. The van der Waals surface area contributed by atoms with Gasteiger partial charge in [0, 0.05) is 11.0 Å². The van der Waals surface area contributed by atoms with E-state index in [0.29, 0.717) is 0 Å². The highest BCUT2D eigenvalue weighted by Gasteiger charge is 2.19. The number of nitrogens with two attached hydrogens (primary N) is 1. The van der Waals surface area contributed by atoms with Gasteiger partial charge in [-0.15, -0.1) is 0 Å². The van der Waals surface area contributed by atoms with E-state index in [2.05, 4.69) is 15.9 Å². The number of carboxylic acid groups (broad SMARTS) is 1. The van der Waals surface area contributed by atoms with E-state index < -0.39 is 11.9 Å². The Morgan fingerprint density at radius 2 is 2.29 bits per heavy atom. The largest absolute Gasteiger partial charge is 0.481 e. The molecule has 4 heteroatoms. The van der Waals surface area contributed by atoms with Gasteiger partial charge in [-0.25, -0.2) is 0 Å². The third-order valence-electron chi connectivity index (χ3n) is 2.07. The van der Waals surface area contributed by atoms with Gasteiger partial charge in [-0.05, 0) is 24.1 Å². The molecule has 0 aliphatic carbocycles. The molecule has 76 valence electrons. The molecule has 1 unspecified atom stereocenters. The Morgan fingerprint density at radius 1 is 1.64 bits per heavy atom. The van der Waals surface area contributed by atoms with E-state index in [1.165, 1.54) is 0 Å². The fourth-order valence-electron chi connectivity index (χ4n) is 1.28. The summed E-state index contributed by atoms with van der Waals surface area (Å²) in [5.74, 6) is -1.53. The second-order valence-corrected chi connectivity index (χ2v) is 4.01. The highest BCUT2D eigenvalue weighted by Crippen LogP contribution is 2.25. The van der Waals surface area contributed by atoms with Crippen LogP contribution in [0.5, 0.6) is 0 Å². The smallest absolute Gasteiger partial charge is 0.312 e. The lowest BCUT2D eigenvalue weighted by Crippen LogP contribution is -2.21. The summed E-state index contributed by atoms with van der Waals surface area (Å²) < 4.78 is 0.801. The summed E-state index contributed by atoms with van der Waals surface area (Å²) in [6.07, 6.45) is 0. The van der Waals surface area contributed by atoms with Gasteiger partial charge >= 0.3 is 5.97 Å². The van der Waals surface area contributed by atoms with Gasteiger partial charge in [0.15, 0.2) is 0 Å². The van der Waals surface area contributed by atoms with Gasteiger partial charge in [-0.3, -0.25) is 4.79 Å². The maximum absolute atomic E-state index is 10.9. The van der Waals surface area contributed by atoms with E-state index in [4.69, 9.17) is 10.8 Å². The minimum absolute atomic E-state index is 0.108. The van der Waals surface area contributed by atoms with Gasteiger partial charge in [0.1, 0.15) is 0 Å². The molecule has 0 aliphatic rings. The third kappa shape index (κ3) is 2.33. The minimum Gasteiger partial charge on any atom is -0.481 e. The first-order valence-electron chi connectivity index (χ1n) is 4.25. The van der Waals surface area contributed by atoms with Crippen molar-refractivity contribution in [3.8, 4) is 0 Å². The number of carboxylic acids is 1. The second kappa shape index (κ2) is 4.57. The summed E-state index contributed by atoms with van der Waals surface area (Å²) in [5, 5.41) is 8.92. The van der Waals surface area contributed by atoms with Crippen LogP contribution in [0.25, 0.3) is 0 Å².